The van der Waals surface area contributed by atoms with E-state index in [0.717, 1.165) is 18.7 Å². The van der Waals surface area contributed by atoms with Gasteiger partial charge in [-0.15, -0.1) is 0 Å². The average Bonchev–Trinajstić information content (AvgIpc) is 2.26. The number of hydrogen-bond acceptors (Lipinski definition) is 4. The highest BCUT2D eigenvalue weighted by Gasteiger charge is 2.18. The molecule has 0 heterocycles. The standard InChI is InChI=1S/C14H24BNO3/c1-14(2,3)10-16(4)9-11-6-7-13(19-5)12(8-11)15(17)18/h6-8,17-18H,9-10H2,1-5H3. The Morgan fingerprint density at radius 1 is 1.26 bits per heavy atom. The van der Waals surface area contributed by atoms with Crippen molar-refractivity contribution in [2.75, 3.05) is 20.7 Å². The van der Waals surface area contributed by atoms with Crippen LogP contribution in [0.2, 0.25) is 0 Å². The zero-order valence-electron chi connectivity index (χ0n) is 12.5. The van der Waals surface area contributed by atoms with Gasteiger partial charge in [-0.05, 0) is 24.1 Å². The maximum atomic E-state index is 9.34. The first-order valence-corrected chi connectivity index (χ1v) is 6.44. The van der Waals surface area contributed by atoms with Gasteiger partial charge in [0.1, 0.15) is 5.75 Å². The van der Waals surface area contributed by atoms with Crippen LogP contribution >= 0.6 is 0 Å². The van der Waals surface area contributed by atoms with E-state index in [1.165, 1.54) is 7.11 Å². The third-order valence-electron chi connectivity index (χ3n) is 2.77. The molecular formula is C14H24BNO3. The number of hydrogen-bond donors (Lipinski definition) is 2. The molecule has 106 valence electrons. The number of rotatable bonds is 5. The fourth-order valence-corrected chi connectivity index (χ4v) is 2.26. The fourth-order valence-electron chi connectivity index (χ4n) is 2.26. The van der Waals surface area contributed by atoms with Crippen LogP contribution in [0.5, 0.6) is 5.75 Å². The minimum atomic E-state index is -1.51. The third-order valence-corrected chi connectivity index (χ3v) is 2.77. The summed E-state index contributed by atoms with van der Waals surface area (Å²) in [4.78, 5) is 2.22. The number of benzene rings is 1. The van der Waals surface area contributed by atoms with Crippen molar-refractivity contribution in [1.82, 2.24) is 4.90 Å². The molecule has 0 aliphatic rings. The first kappa shape index (κ1) is 16.0. The summed E-state index contributed by atoms with van der Waals surface area (Å²) in [6.07, 6.45) is 0. The summed E-state index contributed by atoms with van der Waals surface area (Å²) in [6, 6.07) is 5.50. The Morgan fingerprint density at radius 3 is 2.37 bits per heavy atom. The Balaban J connectivity index is 2.82. The van der Waals surface area contributed by atoms with Gasteiger partial charge in [-0.3, -0.25) is 0 Å². The highest BCUT2D eigenvalue weighted by atomic mass is 16.5. The van der Waals surface area contributed by atoms with Crippen LogP contribution < -0.4 is 10.2 Å². The lowest BCUT2D eigenvalue weighted by atomic mass is 9.78. The largest absolute Gasteiger partial charge is 0.497 e. The Hall–Kier alpha value is -1.04. The maximum absolute atomic E-state index is 9.34. The van der Waals surface area contributed by atoms with Crippen LogP contribution in [0.3, 0.4) is 0 Å². The van der Waals surface area contributed by atoms with Crippen LogP contribution in [-0.2, 0) is 6.54 Å². The summed E-state index contributed by atoms with van der Waals surface area (Å²) in [7, 11) is 2.07. The van der Waals surface area contributed by atoms with Gasteiger partial charge in [0.25, 0.3) is 0 Å². The molecule has 0 radical (unpaired) electrons. The molecule has 0 unspecified atom stereocenters. The van der Waals surface area contributed by atoms with Crippen LogP contribution in [-0.4, -0.2) is 42.8 Å². The minimum absolute atomic E-state index is 0.237. The predicted octanol–water partition coefficient (Wildman–Crippen LogP) is 0.853. The Kier molecular flexibility index (Phi) is 5.41. The second kappa shape index (κ2) is 6.41. The van der Waals surface area contributed by atoms with Crippen LogP contribution in [0.4, 0.5) is 0 Å². The summed E-state index contributed by atoms with van der Waals surface area (Å²) in [6.45, 7) is 8.32. The highest BCUT2D eigenvalue weighted by Crippen LogP contribution is 2.17. The molecule has 0 aliphatic heterocycles. The molecule has 0 amide bonds. The molecule has 1 aromatic rings. The van der Waals surface area contributed by atoms with Crippen LogP contribution in [0, 0.1) is 5.41 Å². The minimum Gasteiger partial charge on any atom is -0.497 e. The molecule has 19 heavy (non-hydrogen) atoms. The van der Waals surface area contributed by atoms with Crippen LogP contribution in [0.25, 0.3) is 0 Å². The van der Waals surface area contributed by atoms with Crippen molar-refractivity contribution in [1.29, 1.82) is 0 Å². The molecule has 0 spiro atoms. The van der Waals surface area contributed by atoms with Crippen molar-refractivity contribution in [3.8, 4) is 5.75 Å². The molecule has 0 aliphatic carbocycles. The SMILES string of the molecule is COc1ccc(CN(C)CC(C)(C)C)cc1B(O)O. The van der Waals surface area contributed by atoms with Gasteiger partial charge < -0.3 is 19.7 Å². The Bertz CT molecular complexity index is 416. The van der Waals surface area contributed by atoms with Gasteiger partial charge in [0.2, 0.25) is 0 Å². The monoisotopic (exact) mass is 265 g/mol. The first-order chi connectivity index (χ1) is 8.73. The van der Waals surface area contributed by atoms with Crippen LogP contribution in [0.15, 0.2) is 18.2 Å². The molecule has 5 heteroatoms. The van der Waals surface area contributed by atoms with Gasteiger partial charge in [0.15, 0.2) is 0 Å². The van der Waals surface area contributed by atoms with Crippen molar-refractivity contribution in [3.63, 3.8) is 0 Å². The van der Waals surface area contributed by atoms with Gasteiger partial charge in [-0.2, -0.15) is 0 Å². The molecule has 0 saturated heterocycles. The van der Waals surface area contributed by atoms with E-state index in [4.69, 9.17) is 4.74 Å². The van der Waals surface area contributed by atoms with Crippen LogP contribution in [0.1, 0.15) is 26.3 Å². The molecule has 0 atom stereocenters. The zero-order valence-corrected chi connectivity index (χ0v) is 12.5. The van der Waals surface area contributed by atoms with E-state index < -0.39 is 7.12 Å². The van der Waals surface area contributed by atoms with Crippen molar-refractivity contribution in [2.45, 2.75) is 27.3 Å². The molecule has 0 aromatic heterocycles. The van der Waals surface area contributed by atoms with E-state index in [1.807, 2.05) is 6.07 Å². The van der Waals surface area contributed by atoms with Gasteiger partial charge in [0, 0.05) is 18.6 Å². The van der Waals surface area contributed by atoms with E-state index in [2.05, 4.69) is 32.7 Å². The van der Waals surface area contributed by atoms with Crippen molar-refractivity contribution in [3.05, 3.63) is 23.8 Å². The number of ether oxygens (including phenoxy) is 1. The lowest BCUT2D eigenvalue weighted by molar-refractivity contribution is 0.221. The lowest BCUT2D eigenvalue weighted by Crippen LogP contribution is -2.33. The average molecular weight is 265 g/mol. The predicted molar refractivity (Wildman–Crippen MR) is 78.6 cm³/mol. The van der Waals surface area contributed by atoms with E-state index >= 15 is 0 Å². The van der Waals surface area contributed by atoms with E-state index in [-0.39, 0.29) is 5.41 Å². The fraction of sp³-hybridized carbons (Fsp3) is 0.571. The molecule has 2 N–H and O–H groups in total. The highest BCUT2D eigenvalue weighted by molar-refractivity contribution is 6.59. The number of nitrogens with zero attached hydrogens (tertiary/aromatic N) is 1. The van der Waals surface area contributed by atoms with Crippen molar-refractivity contribution < 1.29 is 14.8 Å². The molecule has 0 fully saturated rings. The van der Waals surface area contributed by atoms with Crippen molar-refractivity contribution >= 4 is 12.6 Å². The smallest absolute Gasteiger partial charge is 0.492 e. The summed E-state index contributed by atoms with van der Waals surface area (Å²) in [5, 5.41) is 18.7. The van der Waals surface area contributed by atoms with E-state index in [9.17, 15) is 10.0 Å². The van der Waals surface area contributed by atoms with E-state index in [0.29, 0.717) is 11.2 Å². The zero-order chi connectivity index (χ0) is 14.6. The van der Waals surface area contributed by atoms with Gasteiger partial charge in [0.05, 0.1) is 7.11 Å². The quantitative estimate of drug-likeness (QED) is 0.775. The molecule has 0 saturated carbocycles. The molecular weight excluding hydrogens is 241 g/mol. The second-order valence-corrected chi connectivity index (χ2v) is 6.18. The van der Waals surface area contributed by atoms with Gasteiger partial charge in [-0.1, -0.05) is 32.9 Å². The normalized spacial score (nSPS) is 11.8. The van der Waals surface area contributed by atoms with Gasteiger partial charge >= 0.3 is 7.12 Å². The first-order valence-electron chi connectivity index (χ1n) is 6.44. The molecule has 1 rings (SSSR count). The summed E-state index contributed by atoms with van der Waals surface area (Å²) < 4.78 is 5.11. The summed E-state index contributed by atoms with van der Waals surface area (Å²) in [5.74, 6) is 0.497. The lowest BCUT2D eigenvalue weighted by Gasteiger charge is -2.26. The summed E-state index contributed by atoms with van der Waals surface area (Å²) >= 11 is 0. The molecule has 4 nitrogen and oxygen atoms in total. The maximum Gasteiger partial charge on any atom is 0.492 e. The molecule has 1 aromatic carbocycles. The Labute approximate surface area is 116 Å². The molecule has 0 bridgehead atoms. The second-order valence-electron chi connectivity index (χ2n) is 6.18. The topological polar surface area (TPSA) is 52.9 Å². The van der Waals surface area contributed by atoms with E-state index in [1.54, 1.807) is 12.1 Å². The Morgan fingerprint density at radius 2 is 1.89 bits per heavy atom. The summed E-state index contributed by atoms with van der Waals surface area (Å²) in [5.41, 5.74) is 1.68. The third kappa shape index (κ3) is 5.23. The van der Waals surface area contributed by atoms with Gasteiger partial charge in [-0.25, -0.2) is 0 Å². The van der Waals surface area contributed by atoms with Crippen molar-refractivity contribution in [2.24, 2.45) is 5.41 Å². The number of methoxy groups -OCH3 is 1.